The molecule has 0 spiro atoms. The average Bonchev–Trinajstić information content (AvgIpc) is 3.29. The minimum atomic E-state index is -0.556. The summed E-state index contributed by atoms with van der Waals surface area (Å²) in [5, 5.41) is 5.46. The molecule has 6 heteroatoms. The smallest absolute Gasteiger partial charge is 0.121 e. The van der Waals surface area contributed by atoms with Gasteiger partial charge in [0.1, 0.15) is 9.52 Å². The fraction of sp³-hybridized carbons (Fsp3) is 0.154. The Morgan fingerprint density at radius 3 is 1.81 bits per heavy atom. The van der Waals surface area contributed by atoms with Gasteiger partial charge >= 0.3 is 35.6 Å². The van der Waals surface area contributed by atoms with Gasteiger partial charge in [-0.2, -0.15) is 17.5 Å². The molecule has 0 saturated carbocycles. The number of amides is 1. The summed E-state index contributed by atoms with van der Waals surface area (Å²) in [6.45, 7) is 2.00. The van der Waals surface area contributed by atoms with Gasteiger partial charge in [0.15, 0.2) is 0 Å². The molecule has 32 heavy (non-hydrogen) atoms. The molecule has 0 atom stereocenters. The van der Waals surface area contributed by atoms with Crippen molar-refractivity contribution >= 4 is 55.2 Å². The Hall–Kier alpha value is -1.75. The molecule has 166 valence electrons. The molecule has 0 fully saturated rings. The molecule has 0 saturated heterocycles. The van der Waals surface area contributed by atoms with E-state index in [0.29, 0.717) is 6.42 Å². The number of carbonyl (C=O) groups excluding carboxylic acids is 1. The Bertz CT molecular complexity index is 913. The zero-order valence-corrected chi connectivity index (χ0v) is 22.2. The van der Waals surface area contributed by atoms with Gasteiger partial charge < -0.3 is 10.5 Å². The van der Waals surface area contributed by atoms with Crippen LogP contribution in [0.1, 0.15) is 26.2 Å². The molecular weight excluding hydrogens is 489 g/mol. The van der Waals surface area contributed by atoms with Gasteiger partial charge in [-0.3, -0.25) is 0 Å². The number of benzene rings is 3. The van der Waals surface area contributed by atoms with Gasteiger partial charge in [-0.15, -0.1) is 29.7 Å². The Balaban J connectivity index is 0.000000237. The maximum Gasteiger partial charge on any atom is 0.121 e. The molecule has 0 aliphatic carbocycles. The minimum Gasteiger partial charge on any atom is -0.168 e. The normalized spacial score (nSPS) is 9.22. The van der Waals surface area contributed by atoms with E-state index >= 15 is 0 Å². The van der Waals surface area contributed by atoms with Crippen molar-refractivity contribution in [1.29, 1.82) is 0 Å². The van der Waals surface area contributed by atoms with Crippen LogP contribution < -0.4 is 10.4 Å². The van der Waals surface area contributed by atoms with Crippen LogP contribution in [0, 0.1) is 0 Å². The van der Waals surface area contributed by atoms with Gasteiger partial charge in [-0.05, 0) is 12.8 Å². The molecule has 0 unspecified atom stereocenters. The summed E-state index contributed by atoms with van der Waals surface area (Å²) in [5.74, 6) is -0.443. The zero-order valence-electron chi connectivity index (χ0n) is 18.1. The first-order chi connectivity index (χ1) is 15.6. The second kappa shape index (κ2) is 18.8. The molecule has 0 aromatic heterocycles. The van der Waals surface area contributed by atoms with Crippen molar-refractivity contribution in [2.45, 2.75) is 26.2 Å². The van der Waals surface area contributed by atoms with E-state index in [-0.39, 0.29) is 0 Å². The first-order valence-corrected chi connectivity index (χ1v) is 15.6. The number of carbonyl (C=O) groups is 1. The van der Waals surface area contributed by atoms with E-state index in [1.807, 2.05) is 6.92 Å². The molecule has 1 amide bonds. The molecule has 1 N–H and O–H groups in total. The van der Waals surface area contributed by atoms with Crippen molar-refractivity contribution in [1.82, 2.24) is 0 Å². The van der Waals surface area contributed by atoms with E-state index in [1.54, 1.807) is 0 Å². The van der Waals surface area contributed by atoms with Gasteiger partial charge in [-0.25, -0.2) is 0 Å². The van der Waals surface area contributed by atoms with Crippen molar-refractivity contribution in [3.05, 3.63) is 109 Å². The molecule has 2 radical (unpaired) electrons. The Kier molecular flexibility index (Phi) is 16.6. The van der Waals surface area contributed by atoms with Crippen molar-refractivity contribution < 1.29 is 21.8 Å². The van der Waals surface area contributed by atoms with Crippen LogP contribution in [0.5, 0.6) is 0 Å². The fourth-order valence-corrected chi connectivity index (χ4v) is 3.67. The van der Waals surface area contributed by atoms with E-state index in [0.717, 1.165) is 22.4 Å². The second-order valence-electron chi connectivity index (χ2n) is 6.61. The number of hydrogen-bond acceptors (Lipinski definition) is 1. The van der Waals surface area contributed by atoms with Crippen LogP contribution in [0.3, 0.4) is 0 Å². The third-order valence-corrected chi connectivity index (χ3v) is 5.39. The van der Waals surface area contributed by atoms with E-state index in [9.17, 15) is 4.79 Å². The Morgan fingerprint density at radius 1 is 0.875 bits per heavy atom. The van der Waals surface area contributed by atoms with Crippen molar-refractivity contribution in [3.63, 3.8) is 0 Å². The fourth-order valence-electron chi connectivity index (χ4n) is 2.62. The predicted octanol–water partition coefficient (Wildman–Crippen LogP) is 7.03. The molecule has 4 rings (SSSR count). The Morgan fingerprint density at radius 2 is 1.38 bits per heavy atom. The number of rotatable bonds is 5. The molecular formula is C26H27Cl2NOSiTi-2. The topological polar surface area (TPSA) is 40.9 Å². The number of halogens is 2. The van der Waals surface area contributed by atoms with Crippen LogP contribution in [-0.4, -0.2) is 15.4 Å². The molecule has 2 nitrogen and oxygen atoms in total. The first kappa shape index (κ1) is 28.3. The molecule has 0 aliphatic heterocycles. The van der Waals surface area contributed by atoms with Gasteiger partial charge in [0, 0.05) is 5.91 Å². The van der Waals surface area contributed by atoms with Crippen LogP contribution in [0.15, 0.2) is 103 Å². The van der Waals surface area contributed by atoms with Gasteiger partial charge in [0.05, 0.1) is 0 Å². The summed E-state index contributed by atoms with van der Waals surface area (Å²) < 4.78 is 0. The number of unbranched alkanes of at least 4 members (excludes halogenated alkanes) is 1. The van der Waals surface area contributed by atoms with Crippen LogP contribution >= 0.6 is 18.6 Å². The largest absolute Gasteiger partial charge is 0.168 e. The van der Waals surface area contributed by atoms with Crippen molar-refractivity contribution in [3.8, 4) is 0 Å². The minimum absolute atomic E-state index is 0.427. The maximum atomic E-state index is 9.87. The summed E-state index contributed by atoms with van der Waals surface area (Å²) >= 11 is -0.556. The number of fused-ring (bicyclic) bond motifs is 1. The summed E-state index contributed by atoms with van der Waals surface area (Å²) in [7, 11) is 10.6. The maximum absolute atomic E-state index is 9.87. The van der Waals surface area contributed by atoms with Gasteiger partial charge in [-0.1, -0.05) is 90.4 Å². The number of hydrogen-bond donors (Lipinski definition) is 0. The van der Waals surface area contributed by atoms with Crippen LogP contribution in [0.25, 0.3) is 16.5 Å². The third-order valence-electron chi connectivity index (χ3n) is 4.14. The molecule has 0 aliphatic rings. The molecule has 0 heterocycles. The molecule has 4 aromatic carbocycles. The van der Waals surface area contributed by atoms with E-state index in [1.165, 1.54) is 21.1 Å². The van der Waals surface area contributed by atoms with Crippen LogP contribution in [0.2, 0.25) is 0 Å². The quantitative estimate of drug-likeness (QED) is 0.207. The Labute approximate surface area is 211 Å². The first-order valence-electron chi connectivity index (χ1n) is 10.3. The summed E-state index contributed by atoms with van der Waals surface area (Å²) in [4.78, 5) is 9.87. The van der Waals surface area contributed by atoms with Gasteiger partial charge in [0.25, 0.3) is 0 Å². The zero-order chi connectivity index (χ0) is 23.4. The predicted molar refractivity (Wildman–Crippen MR) is 138 cm³/mol. The monoisotopic (exact) mass is 515 g/mol. The standard InChI is InChI=1S/C12H10Si.C9H7.C5H11NO.2ClH.Ti/c1-3-7-11(8-4-1)13-12-9-5-2-6-10-12;1-2-5-9-7-3-6-8(9)4-1;1-2-3-4-5(6)7;;;/h1-10H;1-7H;2-4H2,1H3,(H2,6,7);2*1H;/q;-1;;;;+2/p-3. The summed E-state index contributed by atoms with van der Waals surface area (Å²) in [6.07, 6.45) is 2.30. The van der Waals surface area contributed by atoms with Crippen molar-refractivity contribution in [2.75, 3.05) is 0 Å². The summed E-state index contributed by atoms with van der Waals surface area (Å²) in [6, 6.07) is 35.8. The molecule has 4 aromatic rings. The van der Waals surface area contributed by atoms with E-state index < -0.39 is 22.9 Å². The van der Waals surface area contributed by atoms with Gasteiger partial charge in [0.2, 0.25) is 0 Å². The van der Waals surface area contributed by atoms with Crippen molar-refractivity contribution in [2.24, 2.45) is 0 Å². The van der Waals surface area contributed by atoms with E-state index in [4.69, 9.17) is 24.3 Å². The van der Waals surface area contributed by atoms with Crippen LogP contribution in [-0.2, 0) is 21.8 Å². The number of nitrogens with one attached hydrogen (secondary N) is 1. The third kappa shape index (κ3) is 13.6. The van der Waals surface area contributed by atoms with Crippen LogP contribution in [0.4, 0.5) is 0 Å². The van der Waals surface area contributed by atoms with E-state index in [2.05, 4.69) is 103 Å². The molecule has 0 bridgehead atoms. The average molecular weight is 516 g/mol. The second-order valence-corrected chi connectivity index (χ2v) is 10.6. The SMILES string of the molecule is CCCCC([NH-])=O.[Cl][Ti][Cl].c1ccc([Si]c2ccccc2)cc1.c1ccc2[cH-]ccc2c1. The summed E-state index contributed by atoms with van der Waals surface area (Å²) in [5.41, 5.74) is 6.44.